The van der Waals surface area contributed by atoms with Crippen LogP contribution in [0.1, 0.15) is 86.5 Å². The van der Waals surface area contributed by atoms with Crippen LogP contribution in [0.25, 0.3) is 144 Å². The lowest BCUT2D eigenvalue weighted by atomic mass is 9.43. The number of para-hydroxylation sites is 4. The van der Waals surface area contributed by atoms with Gasteiger partial charge in [0.05, 0.1) is 22.1 Å². The van der Waals surface area contributed by atoms with Crippen molar-refractivity contribution < 1.29 is 0 Å². The molecule has 0 radical (unpaired) electrons. The predicted molar refractivity (Wildman–Crippen MR) is 550 cm³/mol. The fourth-order valence-corrected chi connectivity index (χ4v) is 27.8. The second kappa shape index (κ2) is 30.9. The summed E-state index contributed by atoms with van der Waals surface area (Å²) >= 11 is 0. The first-order valence-corrected chi connectivity index (χ1v) is 48.3. The van der Waals surface area contributed by atoms with E-state index in [-0.39, 0.29) is 10.8 Å². The van der Waals surface area contributed by atoms with Crippen LogP contribution in [-0.2, 0) is 10.8 Å². The molecule has 0 aliphatic heterocycles. The molecule has 0 N–H and O–H groups in total. The molecule has 632 valence electrons. The van der Waals surface area contributed by atoms with Crippen molar-refractivity contribution in [1.82, 2.24) is 9.13 Å². The van der Waals surface area contributed by atoms with E-state index in [2.05, 4.69) is 456 Å². The first-order chi connectivity index (χ1) is 65.4. The zero-order valence-electron chi connectivity index (χ0n) is 74.0. The summed E-state index contributed by atoms with van der Waals surface area (Å²) in [6.07, 6.45) is 14.2. The molecule has 10 aliphatic rings. The number of aromatic nitrogens is 2. The predicted octanol–water partition coefficient (Wildman–Crippen LogP) is 34.0. The third-order valence-electron chi connectivity index (χ3n) is 32.8. The zero-order valence-corrected chi connectivity index (χ0v) is 74.0. The maximum Gasteiger partial charge on any atom is 0.0561 e. The van der Waals surface area contributed by atoms with E-state index in [0.717, 1.165) is 92.8 Å². The first-order valence-electron chi connectivity index (χ1n) is 48.3. The van der Waals surface area contributed by atoms with Crippen LogP contribution in [0.5, 0.6) is 0 Å². The maximum atomic E-state index is 2.51. The van der Waals surface area contributed by atoms with Crippen LogP contribution in [0.2, 0.25) is 0 Å². The molecule has 10 aliphatic carbocycles. The van der Waals surface area contributed by atoms with Crippen molar-refractivity contribution in [2.24, 2.45) is 47.3 Å². The van der Waals surface area contributed by atoms with E-state index in [1.807, 2.05) is 0 Å². The highest BCUT2D eigenvalue weighted by Gasteiger charge is 2.63. The van der Waals surface area contributed by atoms with Crippen molar-refractivity contribution in [3.8, 4) is 100 Å². The van der Waals surface area contributed by atoms with Crippen molar-refractivity contribution >= 4 is 77.7 Å². The first kappa shape index (κ1) is 77.1. The summed E-state index contributed by atoms with van der Waals surface area (Å²) in [5, 5.41) is 5.04. The molecule has 4 heteroatoms. The highest BCUT2D eigenvalue weighted by Crippen LogP contribution is 2.72. The Morgan fingerprint density at radius 1 is 0.182 bits per heavy atom. The summed E-state index contributed by atoms with van der Waals surface area (Å²) in [5.74, 6) is 6.85. The summed E-state index contributed by atoms with van der Waals surface area (Å²) in [7, 11) is 0. The number of rotatable bonds is 14. The van der Waals surface area contributed by atoms with Crippen LogP contribution < -0.4 is 9.80 Å². The fourth-order valence-electron chi connectivity index (χ4n) is 27.8. The lowest BCUT2D eigenvalue weighted by Gasteiger charge is -2.61. The third-order valence-corrected chi connectivity index (χ3v) is 32.8. The summed E-state index contributed by atoms with van der Waals surface area (Å²) in [5.41, 5.74) is 41.7. The second-order valence-corrected chi connectivity index (χ2v) is 39.4. The quantitative estimate of drug-likeness (QED) is 0.108. The summed E-state index contributed by atoms with van der Waals surface area (Å²) in [4.78, 5) is 4.78. The number of hydrogen-bond donors (Lipinski definition) is 0. The molecule has 8 saturated carbocycles. The van der Waals surface area contributed by atoms with Crippen molar-refractivity contribution in [1.29, 1.82) is 0 Å². The van der Waals surface area contributed by atoms with E-state index in [9.17, 15) is 0 Å². The fraction of sp³-hybridized carbons (Fsp3) is 0.156. The van der Waals surface area contributed by atoms with E-state index in [1.54, 1.807) is 22.3 Å². The van der Waals surface area contributed by atoms with E-state index >= 15 is 0 Å². The molecule has 2 aromatic heterocycles. The number of anilines is 6. The molecule has 2 heterocycles. The molecule has 18 aromatic carbocycles. The molecule has 132 heavy (non-hydrogen) atoms. The lowest BCUT2D eigenvalue weighted by molar-refractivity contribution is -0.0399. The van der Waals surface area contributed by atoms with Gasteiger partial charge in [-0.15, -0.1) is 0 Å². The molecule has 30 rings (SSSR count). The molecule has 0 atom stereocenters. The minimum absolute atomic E-state index is 0.181. The lowest BCUT2D eigenvalue weighted by Crippen LogP contribution is -2.55. The molecule has 20 aromatic rings. The minimum Gasteiger partial charge on any atom is -0.311 e. The Labute approximate surface area is 773 Å². The van der Waals surface area contributed by atoms with Crippen molar-refractivity contribution in [2.45, 2.75) is 75.0 Å². The second-order valence-electron chi connectivity index (χ2n) is 39.4. The summed E-state index contributed by atoms with van der Waals surface area (Å²) in [6.45, 7) is 0. The van der Waals surface area contributed by atoms with Crippen LogP contribution in [-0.4, -0.2) is 9.13 Å². The minimum atomic E-state index is 0.181. The van der Waals surface area contributed by atoms with Gasteiger partial charge in [0.25, 0.3) is 0 Å². The molecular weight excluding hydrogens is 1590 g/mol. The van der Waals surface area contributed by atoms with Gasteiger partial charge < -0.3 is 18.9 Å². The van der Waals surface area contributed by atoms with Gasteiger partial charge in [-0.1, -0.05) is 322 Å². The van der Waals surface area contributed by atoms with E-state index in [4.69, 9.17) is 0 Å². The number of fused-ring (bicyclic) bond motifs is 12. The van der Waals surface area contributed by atoms with Gasteiger partial charge >= 0.3 is 0 Å². The van der Waals surface area contributed by atoms with Gasteiger partial charge in [-0.2, -0.15) is 0 Å². The Hall–Kier alpha value is -14.8. The molecule has 2 spiro atoms. The highest BCUT2D eigenvalue weighted by atomic mass is 15.2. The topological polar surface area (TPSA) is 16.3 Å². The third kappa shape index (κ3) is 12.2. The average molecular weight is 1690 g/mol. The summed E-state index contributed by atoms with van der Waals surface area (Å²) < 4.78 is 4.79. The van der Waals surface area contributed by atoms with Gasteiger partial charge in [-0.05, 0) is 338 Å². The van der Waals surface area contributed by atoms with Crippen LogP contribution in [0.15, 0.2) is 437 Å². The zero-order chi connectivity index (χ0) is 86.7. The SMILES string of the molecule is c1ccc(-c2ccc(N(c3ccc(-c4ccc(-c5cccc6c5-c5ccccc5C65C6CC7CC(C6)CC5C7)cc4)cc3)c3ccc(-n4c5ccccc5c5ccccc54)cc3)cc2)cc1.c1ccc(-c2ccc(N(c3ccc(-c4ccc(-c5cccc6c5-c5ccccc5C65C6CC7CC(C6)CC5C7)cc4)cc3)c3ccc4c5ccccc5n(-c5ccccc5)c4c3)cc2)cc1. The Morgan fingerprint density at radius 2 is 0.439 bits per heavy atom. The Kier molecular flexibility index (Phi) is 18.1. The number of nitrogens with zero attached hydrogens (tertiary/aromatic N) is 4. The van der Waals surface area contributed by atoms with E-state index in [0.29, 0.717) is 0 Å². The smallest absolute Gasteiger partial charge is 0.0561 e. The average Bonchev–Trinajstić information content (AvgIpc) is 1.50. The molecule has 0 saturated heterocycles. The normalized spacial score (nSPS) is 21.1. The maximum absolute atomic E-state index is 2.51. The standard InChI is InChI=1S/2C64H50N2/c1-3-12-44(13-4-1)46-26-30-52(31-27-46)65(54-34-35-57-56-16-8-10-21-61(56)66(62(57)41-54)51-14-5-2-6-15-51)53-32-28-47(29-33-53)45-22-24-48(25-23-45)55-18-11-20-60-63(55)58-17-7-9-19-59(58)64(60)49-37-42-36-43(39-49)40-50(64)38-42;1-2-11-44(12-3-1)46-25-29-51(30-26-46)65(53-33-35-54(36-34-53)66-61-19-8-5-13-56(61)57-14-6-9-20-62(57)66)52-31-27-47(28-32-52)45-21-23-48(24-22-45)55-16-10-18-60-63(55)58-15-4-7-17-59(58)64(60)49-38-42-37-43(40-49)41-50(64)39-42/h1-35,41-43,49-50H,36-40H2;1-36,42-43,49-50H,37-41H2. The number of benzene rings is 18. The monoisotopic (exact) mass is 1690 g/mol. The van der Waals surface area contributed by atoms with Gasteiger partial charge in [-0.25, -0.2) is 0 Å². The largest absolute Gasteiger partial charge is 0.311 e. The van der Waals surface area contributed by atoms with Crippen LogP contribution in [0.4, 0.5) is 34.1 Å². The van der Waals surface area contributed by atoms with Crippen molar-refractivity contribution in [2.75, 3.05) is 9.80 Å². The Bertz CT molecular complexity index is 7730. The van der Waals surface area contributed by atoms with Crippen molar-refractivity contribution in [3.05, 3.63) is 459 Å². The van der Waals surface area contributed by atoms with Gasteiger partial charge in [0, 0.05) is 77.9 Å². The van der Waals surface area contributed by atoms with E-state index < -0.39 is 0 Å². The Balaban J connectivity index is 0.000000135. The van der Waals surface area contributed by atoms with Crippen LogP contribution in [0.3, 0.4) is 0 Å². The highest BCUT2D eigenvalue weighted by molar-refractivity contribution is 6.11. The van der Waals surface area contributed by atoms with Gasteiger partial charge in [0.2, 0.25) is 0 Å². The van der Waals surface area contributed by atoms with Gasteiger partial charge in [0.15, 0.2) is 0 Å². The molecule has 4 nitrogen and oxygen atoms in total. The molecule has 0 amide bonds. The molecular formula is C128H100N4. The molecule has 8 fully saturated rings. The van der Waals surface area contributed by atoms with Crippen molar-refractivity contribution in [3.63, 3.8) is 0 Å². The van der Waals surface area contributed by atoms with Crippen LogP contribution in [0, 0.1) is 47.3 Å². The van der Waals surface area contributed by atoms with Gasteiger partial charge in [-0.3, -0.25) is 0 Å². The Morgan fingerprint density at radius 3 is 0.818 bits per heavy atom. The van der Waals surface area contributed by atoms with Gasteiger partial charge in [0.1, 0.15) is 0 Å². The molecule has 0 unspecified atom stereocenters. The van der Waals surface area contributed by atoms with E-state index in [1.165, 1.54) is 197 Å². The summed E-state index contributed by atoms with van der Waals surface area (Å²) in [6, 6.07) is 163. The molecule has 8 bridgehead atoms. The number of hydrogen-bond acceptors (Lipinski definition) is 2. The van der Waals surface area contributed by atoms with Crippen LogP contribution >= 0.6 is 0 Å².